The van der Waals surface area contributed by atoms with Gasteiger partial charge in [0.2, 0.25) is 0 Å². The molecule has 0 aromatic heterocycles. The second-order valence-corrected chi connectivity index (χ2v) is 5.10. The number of anilines is 1. The molecule has 2 atom stereocenters. The second-order valence-electron chi connectivity index (χ2n) is 4.69. The first-order valence-corrected chi connectivity index (χ1v) is 6.46. The molecule has 1 aliphatic carbocycles. The number of halogens is 1. The fourth-order valence-electron chi connectivity index (χ4n) is 2.38. The van der Waals surface area contributed by atoms with E-state index in [1.807, 2.05) is 0 Å². The number of benzene rings is 1. The molecular formula is C13H17ClN2O2. The topological polar surface area (TPSA) is 75.4 Å². The molecule has 0 saturated heterocycles. The highest BCUT2D eigenvalue weighted by molar-refractivity contribution is 6.33. The Labute approximate surface area is 111 Å². The van der Waals surface area contributed by atoms with Crippen LogP contribution >= 0.6 is 11.6 Å². The van der Waals surface area contributed by atoms with Crippen molar-refractivity contribution in [3.05, 3.63) is 28.8 Å². The number of hydrogen-bond donors (Lipinski definition) is 3. The van der Waals surface area contributed by atoms with E-state index in [0.29, 0.717) is 16.3 Å². The quantitative estimate of drug-likeness (QED) is 0.732. The van der Waals surface area contributed by atoms with Gasteiger partial charge in [-0.1, -0.05) is 18.0 Å². The number of amides is 1. The van der Waals surface area contributed by atoms with Crippen LogP contribution in [0.5, 0.6) is 0 Å². The Bertz CT molecular complexity index is 451. The molecule has 4 N–H and O–H groups in total. The first kappa shape index (κ1) is 13.2. The summed E-state index contributed by atoms with van der Waals surface area (Å²) in [7, 11) is 0. The third kappa shape index (κ3) is 2.76. The predicted molar refractivity (Wildman–Crippen MR) is 71.5 cm³/mol. The molecule has 1 amide bonds. The third-order valence-corrected chi connectivity index (χ3v) is 3.81. The van der Waals surface area contributed by atoms with Gasteiger partial charge in [0.15, 0.2) is 0 Å². The van der Waals surface area contributed by atoms with Gasteiger partial charge in [0.1, 0.15) is 0 Å². The van der Waals surface area contributed by atoms with E-state index in [-0.39, 0.29) is 24.5 Å². The minimum absolute atomic E-state index is 0.0550. The molecule has 0 aliphatic heterocycles. The maximum atomic E-state index is 12.0. The molecule has 1 saturated carbocycles. The van der Waals surface area contributed by atoms with Crippen molar-refractivity contribution in [1.29, 1.82) is 0 Å². The SMILES string of the molecule is Nc1cc(C(=O)NC2CCCC2CO)ccc1Cl. The first-order valence-electron chi connectivity index (χ1n) is 6.08. The first-order chi connectivity index (χ1) is 8.61. The highest BCUT2D eigenvalue weighted by atomic mass is 35.5. The predicted octanol–water partition coefficient (Wildman–Crippen LogP) is 1.81. The van der Waals surface area contributed by atoms with Crippen molar-refractivity contribution in [2.45, 2.75) is 25.3 Å². The van der Waals surface area contributed by atoms with Gasteiger partial charge < -0.3 is 16.2 Å². The molecule has 5 heteroatoms. The smallest absolute Gasteiger partial charge is 0.251 e. The standard InChI is InChI=1S/C13H17ClN2O2/c14-10-5-4-8(6-11(10)15)13(18)16-12-3-1-2-9(12)7-17/h4-6,9,12,17H,1-3,7,15H2,(H,16,18). The lowest BCUT2D eigenvalue weighted by atomic mass is 10.0. The van der Waals surface area contributed by atoms with Crippen molar-refractivity contribution in [2.24, 2.45) is 5.92 Å². The van der Waals surface area contributed by atoms with Crippen LogP contribution < -0.4 is 11.1 Å². The number of nitrogen functional groups attached to an aromatic ring is 1. The monoisotopic (exact) mass is 268 g/mol. The van der Waals surface area contributed by atoms with Crippen LogP contribution in [-0.2, 0) is 0 Å². The van der Waals surface area contributed by atoms with Crippen molar-refractivity contribution in [3.63, 3.8) is 0 Å². The lowest BCUT2D eigenvalue weighted by Gasteiger charge is -2.19. The van der Waals surface area contributed by atoms with Crippen molar-refractivity contribution >= 4 is 23.2 Å². The molecule has 18 heavy (non-hydrogen) atoms. The van der Waals surface area contributed by atoms with E-state index in [0.717, 1.165) is 19.3 Å². The van der Waals surface area contributed by atoms with E-state index in [2.05, 4.69) is 5.32 Å². The molecule has 1 aliphatic rings. The fourth-order valence-corrected chi connectivity index (χ4v) is 2.50. The van der Waals surface area contributed by atoms with Crippen LogP contribution in [0.1, 0.15) is 29.6 Å². The van der Waals surface area contributed by atoms with Gasteiger partial charge in [-0.15, -0.1) is 0 Å². The normalized spacial score (nSPS) is 23.0. The zero-order valence-corrected chi connectivity index (χ0v) is 10.8. The summed E-state index contributed by atoms with van der Waals surface area (Å²) in [6.07, 6.45) is 2.92. The van der Waals surface area contributed by atoms with Gasteiger partial charge in [-0.2, -0.15) is 0 Å². The van der Waals surface area contributed by atoms with Gasteiger partial charge in [-0.05, 0) is 31.0 Å². The summed E-state index contributed by atoms with van der Waals surface area (Å²) in [6, 6.07) is 4.89. The second kappa shape index (κ2) is 5.59. The highest BCUT2D eigenvalue weighted by Crippen LogP contribution is 2.26. The van der Waals surface area contributed by atoms with Crippen LogP contribution in [-0.4, -0.2) is 23.7 Å². The Balaban J connectivity index is 2.05. The van der Waals surface area contributed by atoms with E-state index in [4.69, 9.17) is 17.3 Å². The lowest BCUT2D eigenvalue weighted by Crippen LogP contribution is -2.38. The van der Waals surface area contributed by atoms with Crippen LogP contribution in [0.3, 0.4) is 0 Å². The molecule has 0 bridgehead atoms. The summed E-state index contributed by atoms with van der Waals surface area (Å²) in [5, 5.41) is 12.6. The van der Waals surface area contributed by atoms with Crippen LogP contribution in [0.2, 0.25) is 5.02 Å². The zero-order valence-electron chi connectivity index (χ0n) is 10.0. The number of nitrogens with one attached hydrogen (secondary N) is 1. The summed E-state index contributed by atoms with van der Waals surface area (Å²) >= 11 is 5.81. The zero-order chi connectivity index (χ0) is 13.1. The highest BCUT2D eigenvalue weighted by Gasteiger charge is 2.28. The van der Waals surface area contributed by atoms with Gasteiger partial charge in [-0.3, -0.25) is 4.79 Å². The van der Waals surface area contributed by atoms with Crippen molar-refractivity contribution < 1.29 is 9.90 Å². The van der Waals surface area contributed by atoms with Gasteiger partial charge in [0.25, 0.3) is 5.91 Å². The van der Waals surface area contributed by atoms with E-state index < -0.39 is 0 Å². The summed E-state index contributed by atoms with van der Waals surface area (Å²) in [5.74, 6) is 0.00214. The van der Waals surface area contributed by atoms with Crippen LogP contribution in [0.25, 0.3) is 0 Å². The van der Waals surface area contributed by atoms with E-state index >= 15 is 0 Å². The summed E-state index contributed by atoms with van der Waals surface area (Å²) in [4.78, 5) is 12.0. The van der Waals surface area contributed by atoms with Crippen molar-refractivity contribution in [3.8, 4) is 0 Å². The Morgan fingerprint density at radius 1 is 1.50 bits per heavy atom. The van der Waals surface area contributed by atoms with Crippen molar-refractivity contribution in [1.82, 2.24) is 5.32 Å². The van der Waals surface area contributed by atoms with Crippen LogP contribution in [0.4, 0.5) is 5.69 Å². The molecule has 0 spiro atoms. The summed E-state index contributed by atoms with van der Waals surface area (Å²) in [6.45, 7) is 0.119. The minimum atomic E-state index is -0.163. The van der Waals surface area contributed by atoms with Gasteiger partial charge in [0.05, 0.1) is 10.7 Å². The Kier molecular flexibility index (Phi) is 4.09. The van der Waals surface area contributed by atoms with Crippen molar-refractivity contribution in [2.75, 3.05) is 12.3 Å². The number of carbonyl (C=O) groups is 1. The number of hydrogen-bond acceptors (Lipinski definition) is 3. The van der Waals surface area contributed by atoms with Crippen LogP contribution in [0.15, 0.2) is 18.2 Å². The molecule has 1 aromatic rings. The van der Waals surface area contributed by atoms with E-state index in [1.165, 1.54) is 0 Å². The largest absolute Gasteiger partial charge is 0.398 e. The number of rotatable bonds is 3. The van der Waals surface area contributed by atoms with Gasteiger partial charge in [0, 0.05) is 24.1 Å². The van der Waals surface area contributed by atoms with Crippen LogP contribution in [0, 0.1) is 5.92 Å². The molecule has 2 unspecified atom stereocenters. The molecule has 2 rings (SSSR count). The number of aliphatic hydroxyl groups is 1. The molecule has 0 radical (unpaired) electrons. The summed E-state index contributed by atoms with van der Waals surface area (Å²) in [5.41, 5.74) is 6.57. The molecule has 1 fully saturated rings. The fraction of sp³-hybridized carbons (Fsp3) is 0.462. The molecule has 4 nitrogen and oxygen atoms in total. The average molecular weight is 269 g/mol. The van der Waals surface area contributed by atoms with Gasteiger partial charge in [-0.25, -0.2) is 0 Å². The maximum Gasteiger partial charge on any atom is 0.251 e. The molecule has 1 aromatic carbocycles. The molecule has 0 heterocycles. The maximum absolute atomic E-state index is 12.0. The van der Waals surface area contributed by atoms with E-state index in [1.54, 1.807) is 18.2 Å². The third-order valence-electron chi connectivity index (χ3n) is 3.47. The lowest BCUT2D eigenvalue weighted by molar-refractivity contribution is 0.0916. The average Bonchev–Trinajstić information content (AvgIpc) is 2.79. The summed E-state index contributed by atoms with van der Waals surface area (Å²) < 4.78 is 0. The molecular weight excluding hydrogens is 252 g/mol. The Morgan fingerprint density at radius 3 is 2.94 bits per heavy atom. The van der Waals surface area contributed by atoms with Gasteiger partial charge >= 0.3 is 0 Å². The number of aliphatic hydroxyl groups excluding tert-OH is 1. The Morgan fingerprint density at radius 2 is 2.28 bits per heavy atom. The van der Waals surface area contributed by atoms with E-state index in [9.17, 15) is 9.90 Å². The number of nitrogens with two attached hydrogens (primary N) is 1. The Hall–Kier alpha value is -1.26. The molecule has 98 valence electrons. The number of carbonyl (C=O) groups excluding carboxylic acids is 1. The minimum Gasteiger partial charge on any atom is -0.398 e.